The van der Waals surface area contributed by atoms with Crippen LogP contribution in [0.1, 0.15) is 85.1 Å². The number of anilines is 1. The number of nitrogens with zero attached hydrogens (tertiary/aromatic N) is 4. The monoisotopic (exact) mass is 742 g/mol. The van der Waals surface area contributed by atoms with E-state index < -0.39 is 51.5 Å². The maximum atomic E-state index is 13.7. The standard InChI is InChI=1S/C36H46N4O11S/c1-6-37(7-2)24-13-15-26-28(36(3,4)5)23-25(50-29(26)22-24)14-16-27-33(44)38(35(46)39(34(27)45)20-11-21-52(47,48)49)19-10-8-9-12-32(43)51-40-30(41)17-18-31(40)42/h13-16,22-23H,6-12,17-21H2,1-5H3,(H,47,48,49). The average Bonchev–Trinajstić information content (AvgIpc) is 3.38. The molecular formula is C36H46N4O11S. The number of hydrogen-bond donors (Lipinski definition) is 1. The van der Waals surface area contributed by atoms with Crippen LogP contribution in [-0.2, 0) is 38.9 Å². The Morgan fingerprint density at radius 3 is 2.12 bits per heavy atom. The van der Waals surface area contributed by atoms with Crippen molar-refractivity contribution in [2.75, 3.05) is 36.8 Å². The van der Waals surface area contributed by atoms with Crippen molar-refractivity contribution in [3.63, 3.8) is 0 Å². The van der Waals surface area contributed by atoms with Crippen molar-refractivity contribution in [1.82, 2.24) is 14.9 Å². The van der Waals surface area contributed by atoms with E-state index in [1.54, 1.807) is 0 Å². The van der Waals surface area contributed by atoms with E-state index in [0.717, 1.165) is 39.7 Å². The Kier molecular flexibility index (Phi) is 12.8. The van der Waals surface area contributed by atoms with E-state index in [1.807, 2.05) is 24.3 Å². The first-order valence-corrected chi connectivity index (χ1v) is 19.0. The van der Waals surface area contributed by atoms with Crippen LogP contribution in [0.25, 0.3) is 5.57 Å². The molecule has 0 spiro atoms. The molecule has 1 aromatic rings. The number of hydroxylamine groups is 2. The third-order valence-electron chi connectivity index (χ3n) is 8.78. The van der Waals surface area contributed by atoms with E-state index in [2.05, 4.69) is 39.5 Å². The fourth-order valence-electron chi connectivity index (χ4n) is 6.01. The van der Waals surface area contributed by atoms with Gasteiger partial charge in [0.1, 0.15) is 17.1 Å². The van der Waals surface area contributed by atoms with Crippen LogP contribution >= 0.6 is 0 Å². The van der Waals surface area contributed by atoms with Crippen LogP contribution in [0.5, 0.6) is 5.75 Å². The van der Waals surface area contributed by atoms with Crippen molar-refractivity contribution >= 4 is 57.0 Å². The summed E-state index contributed by atoms with van der Waals surface area (Å²) in [6.07, 6.45) is 5.00. The molecule has 2 saturated heterocycles. The molecule has 52 heavy (non-hydrogen) atoms. The summed E-state index contributed by atoms with van der Waals surface area (Å²) >= 11 is 0. The van der Waals surface area contributed by atoms with Crippen LogP contribution in [0.2, 0.25) is 0 Å². The summed E-state index contributed by atoms with van der Waals surface area (Å²) in [6, 6.07) is 5.05. The molecule has 0 aliphatic carbocycles. The zero-order chi connectivity index (χ0) is 38.4. The van der Waals surface area contributed by atoms with Gasteiger partial charge in [0, 0.05) is 62.8 Å². The zero-order valence-electron chi connectivity index (χ0n) is 30.2. The molecule has 3 aliphatic heterocycles. The topological polar surface area (TPSA) is 188 Å². The molecule has 0 saturated carbocycles. The van der Waals surface area contributed by atoms with Crippen LogP contribution in [0.3, 0.4) is 0 Å². The number of benzene rings is 1. The number of urea groups is 1. The minimum atomic E-state index is -4.38. The maximum absolute atomic E-state index is 13.7. The third kappa shape index (κ3) is 9.73. The molecule has 6 amide bonds. The lowest BCUT2D eigenvalue weighted by Crippen LogP contribution is -2.56. The SMILES string of the molecule is CCN(CC)c1ccc2c(c1)OC(=CC=C1C(=O)N(CCCCCC(=O)ON3C(=O)CCC3=O)C(=O)N(CCCS(=O)(=O)O)C1=O)C=C2C(C)(C)C. The summed E-state index contributed by atoms with van der Waals surface area (Å²) in [5.74, 6) is -3.48. The number of amides is 6. The molecule has 0 unspecified atom stereocenters. The molecule has 282 valence electrons. The Balaban J connectivity index is 1.55. The van der Waals surface area contributed by atoms with Gasteiger partial charge in [0.05, 0.1) is 5.75 Å². The lowest BCUT2D eigenvalue weighted by atomic mass is 9.80. The highest BCUT2D eigenvalue weighted by atomic mass is 32.2. The number of carbonyl (C=O) groups is 6. The van der Waals surface area contributed by atoms with Crippen LogP contribution in [0.15, 0.2) is 47.8 Å². The largest absolute Gasteiger partial charge is 0.457 e. The van der Waals surface area contributed by atoms with E-state index in [9.17, 15) is 41.7 Å². The summed E-state index contributed by atoms with van der Waals surface area (Å²) in [5, 5.41) is 0.463. The second-order valence-electron chi connectivity index (χ2n) is 13.6. The Hall–Kier alpha value is -4.83. The first-order chi connectivity index (χ1) is 24.4. The lowest BCUT2D eigenvalue weighted by molar-refractivity contribution is -0.197. The van der Waals surface area contributed by atoms with E-state index in [-0.39, 0.29) is 62.6 Å². The smallest absolute Gasteiger partial charge is 0.333 e. The van der Waals surface area contributed by atoms with Crippen molar-refractivity contribution < 1.29 is 51.3 Å². The highest BCUT2D eigenvalue weighted by Crippen LogP contribution is 2.44. The zero-order valence-corrected chi connectivity index (χ0v) is 31.0. The summed E-state index contributed by atoms with van der Waals surface area (Å²) < 4.78 is 38.1. The van der Waals surface area contributed by atoms with E-state index in [4.69, 9.17) is 9.57 Å². The van der Waals surface area contributed by atoms with Crippen LogP contribution in [-0.4, -0.2) is 95.4 Å². The number of unbranched alkanes of at least 4 members (excludes halogenated alkanes) is 2. The summed E-state index contributed by atoms with van der Waals surface area (Å²) in [4.78, 5) is 84.8. The van der Waals surface area contributed by atoms with Gasteiger partial charge < -0.3 is 14.5 Å². The highest BCUT2D eigenvalue weighted by molar-refractivity contribution is 7.85. The number of rotatable bonds is 15. The molecule has 0 aromatic heterocycles. The molecule has 3 heterocycles. The second kappa shape index (κ2) is 16.7. The van der Waals surface area contributed by atoms with E-state index in [1.165, 1.54) is 12.2 Å². The number of allylic oxidation sites excluding steroid dienone is 4. The first-order valence-electron chi connectivity index (χ1n) is 17.4. The van der Waals surface area contributed by atoms with Gasteiger partial charge in [0.2, 0.25) is 0 Å². The Morgan fingerprint density at radius 2 is 1.54 bits per heavy atom. The molecule has 3 aliphatic rings. The Labute approximate surface area is 303 Å². The van der Waals surface area contributed by atoms with Crippen molar-refractivity contribution in [2.24, 2.45) is 5.41 Å². The summed E-state index contributed by atoms with van der Waals surface area (Å²) in [5.41, 5.74) is 2.20. The van der Waals surface area contributed by atoms with Crippen LogP contribution in [0, 0.1) is 5.41 Å². The Morgan fingerprint density at radius 1 is 0.923 bits per heavy atom. The van der Waals surface area contributed by atoms with Crippen molar-refractivity contribution in [3.05, 3.63) is 53.3 Å². The van der Waals surface area contributed by atoms with Crippen LogP contribution < -0.4 is 9.64 Å². The number of imide groups is 3. The number of carbonyl (C=O) groups excluding carboxylic acids is 6. The molecule has 4 rings (SSSR count). The lowest BCUT2D eigenvalue weighted by Gasteiger charge is -2.34. The molecule has 15 nitrogen and oxygen atoms in total. The molecule has 1 aromatic carbocycles. The Bertz CT molecular complexity index is 1800. The molecule has 0 bridgehead atoms. The molecular weight excluding hydrogens is 696 g/mol. The van der Waals surface area contributed by atoms with E-state index >= 15 is 0 Å². The fraction of sp³-hybridized carbons (Fsp3) is 0.500. The first kappa shape index (κ1) is 39.9. The van der Waals surface area contributed by atoms with Gasteiger partial charge in [-0.1, -0.05) is 27.2 Å². The third-order valence-corrected chi connectivity index (χ3v) is 9.58. The number of ether oxygens (including phenoxy) is 1. The molecule has 0 radical (unpaired) electrons. The predicted molar refractivity (Wildman–Crippen MR) is 190 cm³/mol. The minimum Gasteiger partial charge on any atom is -0.457 e. The molecule has 0 atom stereocenters. The van der Waals surface area contributed by atoms with Gasteiger partial charge in [-0.15, -0.1) is 5.06 Å². The van der Waals surface area contributed by atoms with Crippen molar-refractivity contribution in [1.29, 1.82) is 0 Å². The average molecular weight is 743 g/mol. The maximum Gasteiger partial charge on any atom is 0.333 e. The van der Waals surface area contributed by atoms with Gasteiger partial charge in [0.15, 0.2) is 0 Å². The van der Waals surface area contributed by atoms with Gasteiger partial charge in [-0.2, -0.15) is 8.42 Å². The van der Waals surface area contributed by atoms with E-state index in [0.29, 0.717) is 23.0 Å². The summed E-state index contributed by atoms with van der Waals surface area (Å²) in [7, 11) is -4.38. The number of barbiturate groups is 1. The fourth-order valence-corrected chi connectivity index (χ4v) is 6.51. The number of fused-ring (bicyclic) bond motifs is 1. The molecule has 2 fully saturated rings. The van der Waals surface area contributed by atoms with Gasteiger partial charge in [-0.05, 0) is 74.5 Å². The van der Waals surface area contributed by atoms with Gasteiger partial charge in [0.25, 0.3) is 33.7 Å². The van der Waals surface area contributed by atoms with Crippen molar-refractivity contribution in [2.45, 2.75) is 79.6 Å². The molecule has 1 N–H and O–H groups in total. The van der Waals surface area contributed by atoms with Gasteiger partial charge in [-0.3, -0.25) is 33.5 Å². The number of hydrogen-bond acceptors (Lipinski definition) is 11. The normalized spacial score (nSPS) is 18.3. The van der Waals surface area contributed by atoms with Gasteiger partial charge >= 0.3 is 12.0 Å². The quantitative estimate of drug-likeness (QED) is 0.0879. The summed E-state index contributed by atoms with van der Waals surface area (Å²) in [6.45, 7) is 11.4. The molecule has 16 heteroatoms. The van der Waals surface area contributed by atoms with Crippen LogP contribution in [0.4, 0.5) is 10.5 Å². The van der Waals surface area contributed by atoms with Gasteiger partial charge in [-0.25, -0.2) is 9.59 Å². The van der Waals surface area contributed by atoms with Crippen molar-refractivity contribution in [3.8, 4) is 5.75 Å². The second-order valence-corrected chi connectivity index (χ2v) is 15.2. The highest BCUT2D eigenvalue weighted by Gasteiger charge is 2.41. The minimum absolute atomic E-state index is 0.0275. The predicted octanol–water partition coefficient (Wildman–Crippen LogP) is 4.40.